The Morgan fingerprint density at radius 1 is 0.296 bits per heavy atom. The van der Waals surface area contributed by atoms with Crippen LogP contribution < -0.4 is 9.47 Å². The summed E-state index contributed by atoms with van der Waals surface area (Å²) < 4.78 is 12.9. The van der Waals surface area contributed by atoms with Crippen molar-refractivity contribution in [3.05, 3.63) is 157 Å². The molecule has 0 aromatic heterocycles. The lowest BCUT2D eigenvalue weighted by molar-refractivity contribution is 0.487. The van der Waals surface area contributed by atoms with E-state index in [1.165, 1.54) is 0 Å². The second-order valence-corrected chi connectivity index (χ2v) is 14.1. The highest BCUT2D eigenvalue weighted by Crippen LogP contribution is 2.53. The Kier molecular flexibility index (Phi) is 5.61. The zero-order valence-electron chi connectivity index (χ0n) is 28.6. The van der Waals surface area contributed by atoms with E-state index in [1.807, 2.05) is 72.8 Å². The molecule has 10 aromatic rings. The van der Waals surface area contributed by atoms with Crippen molar-refractivity contribution in [1.82, 2.24) is 0 Å². The molecule has 4 nitrogen and oxygen atoms in total. The smallest absolute Gasteiger partial charge is 0.135 e. The number of rotatable bonds is 2. The van der Waals surface area contributed by atoms with E-state index in [4.69, 9.17) is 9.47 Å². The summed E-state index contributed by atoms with van der Waals surface area (Å²) in [7, 11) is 0. The van der Waals surface area contributed by atoms with Gasteiger partial charge in [0.1, 0.15) is 23.0 Å². The molecule has 0 N–H and O–H groups in total. The summed E-state index contributed by atoms with van der Waals surface area (Å²) in [6.07, 6.45) is 0. The Balaban J connectivity index is 1.17. The van der Waals surface area contributed by atoms with Gasteiger partial charge in [-0.05, 0) is 102 Å². The fourth-order valence-electron chi connectivity index (χ4n) is 9.25. The van der Waals surface area contributed by atoms with Gasteiger partial charge in [0, 0.05) is 32.7 Å². The number of nitriles is 2. The molecule has 246 valence electrons. The van der Waals surface area contributed by atoms with Gasteiger partial charge in [0.05, 0.1) is 23.3 Å². The standard InChI is InChI=1S/C50H24N2O2/c51-25-27-23-41(31-17-21-37-33-7-1-3-11-43(33)53-45-13-5-9-35(31)47(37)45)39-19-15-30-28(26-52)24-42(40-20-16-29(27)49(39)50(30)40)32-18-22-38-34-8-2-4-12-44(34)54-46-14-6-10-36(32)48(38)46/h1-24H. The summed E-state index contributed by atoms with van der Waals surface area (Å²) in [4.78, 5) is 0. The first-order valence-electron chi connectivity index (χ1n) is 18.0. The predicted molar refractivity (Wildman–Crippen MR) is 216 cm³/mol. The van der Waals surface area contributed by atoms with Crippen LogP contribution in [0.1, 0.15) is 11.1 Å². The van der Waals surface area contributed by atoms with Crippen molar-refractivity contribution >= 4 is 53.9 Å². The second kappa shape index (κ2) is 10.5. The quantitative estimate of drug-likeness (QED) is 0.170. The van der Waals surface area contributed by atoms with Gasteiger partial charge < -0.3 is 9.47 Å². The Hall–Kier alpha value is -7.66. The molecule has 2 heterocycles. The highest BCUT2D eigenvalue weighted by Gasteiger charge is 2.26. The first-order valence-corrected chi connectivity index (χ1v) is 18.0. The summed E-state index contributed by atoms with van der Waals surface area (Å²) in [5.41, 5.74) is 9.56. The van der Waals surface area contributed by atoms with E-state index in [0.717, 1.165) is 121 Å². The van der Waals surface area contributed by atoms with Crippen LogP contribution in [-0.2, 0) is 0 Å². The Morgan fingerprint density at radius 3 is 1.15 bits per heavy atom. The van der Waals surface area contributed by atoms with Crippen molar-refractivity contribution in [1.29, 1.82) is 10.5 Å². The van der Waals surface area contributed by atoms with Crippen LogP contribution in [0.25, 0.3) is 98.4 Å². The number of benzene rings is 10. The second-order valence-electron chi connectivity index (χ2n) is 14.1. The lowest BCUT2D eigenvalue weighted by Crippen LogP contribution is -1.99. The number of ether oxygens (including phenoxy) is 2. The summed E-state index contributed by atoms with van der Waals surface area (Å²) >= 11 is 0. The molecular formula is C50H24N2O2. The summed E-state index contributed by atoms with van der Waals surface area (Å²) in [6.45, 7) is 0. The third-order valence-electron chi connectivity index (χ3n) is 11.5. The van der Waals surface area contributed by atoms with Gasteiger partial charge in [-0.25, -0.2) is 0 Å². The van der Waals surface area contributed by atoms with Crippen molar-refractivity contribution in [2.45, 2.75) is 0 Å². The third kappa shape index (κ3) is 3.68. The van der Waals surface area contributed by atoms with Crippen LogP contribution in [0.5, 0.6) is 23.0 Å². The molecule has 2 aliphatic heterocycles. The fourth-order valence-corrected chi connectivity index (χ4v) is 9.25. The van der Waals surface area contributed by atoms with Crippen molar-refractivity contribution < 1.29 is 9.47 Å². The van der Waals surface area contributed by atoms with Gasteiger partial charge in [-0.3, -0.25) is 0 Å². The van der Waals surface area contributed by atoms with Gasteiger partial charge in [-0.1, -0.05) is 109 Å². The largest absolute Gasteiger partial charge is 0.456 e. The maximum Gasteiger partial charge on any atom is 0.135 e. The van der Waals surface area contributed by atoms with E-state index in [9.17, 15) is 10.5 Å². The van der Waals surface area contributed by atoms with E-state index in [1.54, 1.807) is 0 Å². The number of para-hydroxylation sites is 2. The summed E-state index contributed by atoms with van der Waals surface area (Å²) in [6, 6.07) is 54.9. The maximum atomic E-state index is 10.7. The normalized spacial score (nSPS) is 12.3. The fraction of sp³-hybridized carbons (Fsp3) is 0. The van der Waals surface area contributed by atoms with Crippen LogP contribution >= 0.6 is 0 Å². The van der Waals surface area contributed by atoms with E-state index in [2.05, 4.69) is 84.9 Å². The van der Waals surface area contributed by atoms with Crippen LogP contribution in [-0.4, -0.2) is 0 Å². The number of fused-ring (bicyclic) bond motifs is 4. The van der Waals surface area contributed by atoms with Crippen molar-refractivity contribution in [2.75, 3.05) is 0 Å². The third-order valence-corrected chi connectivity index (χ3v) is 11.5. The number of hydrogen-bond acceptors (Lipinski definition) is 4. The zero-order valence-corrected chi connectivity index (χ0v) is 28.6. The Labute approximate surface area is 309 Å². The molecule has 12 rings (SSSR count). The minimum absolute atomic E-state index is 0.593. The first kappa shape index (κ1) is 29.0. The van der Waals surface area contributed by atoms with Gasteiger partial charge in [-0.2, -0.15) is 10.5 Å². The van der Waals surface area contributed by atoms with Gasteiger partial charge in [0.15, 0.2) is 0 Å². The minimum Gasteiger partial charge on any atom is -0.456 e. The first-order chi connectivity index (χ1) is 26.7. The predicted octanol–water partition coefficient (Wildman–Crippen LogP) is 13.5. The molecule has 0 saturated carbocycles. The van der Waals surface area contributed by atoms with Crippen LogP contribution in [0.2, 0.25) is 0 Å². The topological polar surface area (TPSA) is 66.0 Å². The van der Waals surface area contributed by atoms with E-state index in [0.29, 0.717) is 11.1 Å². The van der Waals surface area contributed by atoms with Crippen LogP contribution in [0.3, 0.4) is 0 Å². The molecule has 2 aliphatic rings. The Morgan fingerprint density at radius 2 is 0.685 bits per heavy atom. The van der Waals surface area contributed by atoms with Crippen molar-refractivity contribution in [2.24, 2.45) is 0 Å². The van der Waals surface area contributed by atoms with Crippen LogP contribution in [0, 0.1) is 22.7 Å². The zero-order chi connectivity index (χ0) is 35.7. The van der Waals surface area contributed by atoms with Crippen LogP contribution in [0.4, 0.5) is 0 Å². The highest BCUT2D eigenvalue weighted by atomic mass is 16.5. The molecule has 0 amide bonds. The van der Waals surface area contributed by atoms with E-state index < -0.39 is 0 Å². The Bertz CT molecular complexity index is 3190. The lowest BCUT2D eigenvalue weighted by atomic mass is 9.82. The molecule has 0 bridgehead atoms. The van der Waals surface area contributed by atoms with Gasteiger partial charge in [0.2, 0.25) is 0 Å². The SMILES string of the molecule is N#Cc1cc(-c2ccc3c4c(cccc24)Oc2ccccc2-3)c2ccc3c(C#N)cc(-c4ccc5c6c(cccc46)Oc4ccccc4-5)c4ccc1c2c34. The molecule has 0 unspecified atom stereocenters. The molecule has 10 aromatic carbocycles. The average Bonchev–Trinajstić information content (AvgIpc) is 3.23. The average molecular weight is 685 g/mol. The molecular weight excluding hydrogens is 661 g/mol. The van der Waals surface area contributed by atoms with Gasteiger partial charge in [-0.15, -0.1) is 0 Å². The monoisotopic (exact) mass is 684 g/mol. The molecule has 0 aliphatic carbocycles. The van der Waals surface area contributed by atoms with Crippen molar-refractivity contribution in [3.8, 4) is 79.6 Å². The summed E-state index contributed by atoms with van der Waals surface area (Å²) in [5.74, 6) is 3.33. The van der Waals surface area contributed by atoms with E-state index in [-0.39, 0.29) is 0 Å². The molecule has 54 heavy (non-hydrogen) atoms. The van der Waals surface area contributed by atoms with Crippen LogP contribution in [0.15, 0.2) is 146 Å². The van der Waals surface area contributed by atoms with Gasteiger partial charge >= 0.3 is 0 Å². The maximum absolute atomic E-state index is 10.7. The molecule has 0 saturated heterocycles. The minimum atomic E-state index is 0.593. The van der Waals surface area contributed by atoms with Crippen molar-refractivity contribution in [3.63, 3.8) is 0 Å². The lowest BCUT2D eigenvalue weighted by Gasteiger charge is -2.24. The highest BCUT2D eigenvalue weighted by molar-refractivity contribution is 6.31. The number of hydrogen-bond donors (Lipinski definition) is 0. The molecule has 0 radical (unpaired) electrons. The summed E-state index contributed by atoms with van der Waals surface area (Å²) in [5, 5.41) is 31.3. The molecule has 4 heteroatoms. The van der Waals surface area contributed by atoms with E-state index >= 15 is 0 Å². The molecule has 0 spiro atoms. The van der Waals surface area contributed by atoms with Gasteiger partial charge in [0.25, 0.3) is 0 Å². The molecule has 0 atom stereocenters. The number of nitrogens with zero attached hydrogens (tertiary/aromatic N) is 2. The molecule has 0 fully saturated rings.